The minimum atomic E-state index is -0.841. The third-order valence-corrected chi connectivity index (χ3v) is 4.17. The van der Waals surface area contributed by atoms with Gasteiger partial charge in [0, 0.05) is 4.47 Å². The molecule has 4 heteroatoms. The van der Waals surface area contributed by atoms with E-state index in [9.17, 15) is 14.3 Å². The second-order valence-corrected chi connectivity index (χ2v) is 6.02. The van der Waals surface area contributed by atoms with E-state index in [1.54, 1.807) is 6.07 Å². The summed E-state index contributed by atoms with van der Waals surface area (Å²) in [5.74, 6) is -1.71. The van der Waals surface area contributed by atoms with Crippen LogP contribution >= 0.6 is 15.9 Å². The van der Waals surface area contributed by atoms with E-state index in [0.717, 1.165) is 16.7 Å². The molecule has 0 aliphatic rings. The molecule has 0 bridgehead atoms. The first-order chi connectivity index (χ1) is 9.95. The first-order valence-electron chi connectivity index (χ1n) is 6.68. The Labute approximate surface area is 131 Å². The SMILES string of the molecule is Cc1ccc(CC(Cc2ccc(F)cc2Br)C(=O)O)cc1. The summed E-state index contributed by atoms with van der Waals surface area (Å²) in [5.41, 5.74) is 2.94. The van der Waals surface area contributed by atoms with Crippen LogP contribution in [0.2, 0.25) is 0 Å². The van der Waals surface area contributed by atoms with Gasteiger partial charge in [0.05, 0.1) is 5.92 Å². The maximum Gasteiger partial charge on any atom is 0.307 e. The molecule has 0 fully saturated rings. The molecule has 0 heterocycles. The van der Waals surface area contributed by atoms with E-state index in [0.29, 0.717) is 17.3 Å². The topological polar surface area (TPSA) is 37.3 Å². The van der Waals surface area contributed by atoms with E-state index < -0.39 is 11.9 Å². The van der Waals surface area contributed by atoms with Crippen LogP contribution in [-0.2, 0) is 17.6 Å². The van der Waals surface area contributed by atoms with Gasteiger partial charge in [-0.15, -0.1) is 0 Å². The van der Waals surface area contributed by atoms with Crippen molar-refractivity contribution in [1.82, 2.24) is 0 Å². The zero-order valence-electron chi connectivity index (χ0n) is 11.6. The van der Waals surface area contributed by atoms with Crippen LogP contribution in [0.5, 0.6) is 0 Å². The maximum atomic E-state index is 13.1. The van der Waals surface area contributed by atoms with Crippen LogP contribution in [0.3, 0.4) is 0 Å². The highest BCUT2D eigenvalue weighted by Crippen LogP contribution is 2.23. The largest absolute Gasteiger partial charge is 0.481 e. The van der Waals surface area contributed by atoms with Gasteiger partial charge in [-0.1, -0.05) is 51.8 Å². The summed E-state index contributed by atoms with van der Waals surface area (Å²) in [5, 5.41) is 9.41. The quantitative estimate of drug-likeness (QED) is 0.868. The first-order valence-corrected chi connectivity index (χ1v) is 7.47. The monoisotopic (exact) mass is 350 g/mol. The second-order valence-electron chi connectivity index (χ2n) is 5.16. The molecule has 0 amide bonds. The third-order valence-electron chi connectivity index (χ3n) is 3.43. The standard InChI is InChI=1S/C17H16BrFO2/c1-11-2-4-12(5-3-11)8-14(17(20)21)9-13-6-7-15(19)10-16(13)18/h2-7,10,14H,8-9H2,1H3,(H,20,21). The molecule has 0 aliphatic heterocycles. The fourth-order valence-electron chi connectivity index (χ4n) is 2.21. The number of carbonyl (C=O) groups is 1. The number of aliphatic carboxylic acids is 1. The predicted octanol–water partition coefficient (Wildman–Crippen LogP) is 4.38. The highest BCUT2D eigenvalue weighted by molar-refractivity contribution is 9.10. The molecule has 0 radical (unpaired) electrons. The molecule has 110 valence electrons. The van der Waals surface area contributed by atoms with Crippen molar-refractivity contribution >= 4 is 21.9 Å². The molecule has 0 saturated heterocycles. The highest BCUT2D eigenvalue weighted by atomic mass is 79.9. The number of hydrogen-bond acceptors (Lipinski definition) is 1. The van der Waals surface area contributed by atoms with Gasteiger partial charge in [0.1, 0.15) is 5.82 Å². The van der Waals surface area contributed by atoms with E-state index in [1.807, 2.05) is 31.2 Å². The first kappa shape index (κ1) is 15.7. The molecule has 1 atom stereocenters. The zero-order chi connectivity index (χ0) is 15.4. The van der Waals surface area contributed by atoms with Crippen LogP contribution in [0, 0.1) is 18.7 Å². The molecular formula is C17H16BrFO2. The van der Waals surface area contributed by atoms with Crippen molar-refractivity contribution in [2.24, 2.45) is 5.92 Å². The van der Waals surface area contributed by atoms with Crippen molar-refractivity contribution in [1.29, 1.82) is 0 Å². The number of carboxylic acids is 1. The predicted molar refractivity (Wildman–Crippen MR) is 83.8 cm³/mol. The number of rotatable bonds is 5. The lowest BCUT2D eigenvalue weighted by atomic mass is 9.92. The van der Waals surface area contributed by atoms with Crippen LogP contribution in [-0.4, -0.2) is 11.1 Å². The molecule has 0 aromatic heterocycles. The molecular weight excluding hydrogens is 335 g/mol. The fraction of sp³-hybridized carbons (Fsp3) is 0.235. The van der Waals surface area contributed by atoms with Gasteiger partial charge >= 0.3 is 5.97 Å². The Bertz CT molecular complexity index is 638. The minimum Gasteiger partial charge on any atom is -0.481 e. The summed E-state index contributed by atoms with van der Waals surface area (Å²) >= 11 is 3.29. The molecule has 0 spiro atoms. The van der Waals surface area contributed by atoms with Crippen molar-refractivity contribution in [2.75, 3.05) is 0 Å². The van der Waals surface area contributed by atoms with Crippen LogP contribution in [0.15, 0.2) is 46.9 Å². The summed E-state index contributed by atoms with van der Waals surface area (Å²) in [6.45, 7) is 1.99. The highest BCUT2D eigenvalue weighted by Gasteiger charge is 2.20. The Hall–Kier alpha value is -1.68. The lowest BCUT2D eigenvalue weighted by Crippen LogP contribution is -2.19. The van der Waals surface area contributed by atoms with Crippen molar-refractivity contribution in [3.63, 3.8) is 0 Å². The maximum absolute atomic E-state index is 13.1. The second kappa shape index (κ2) is 6.85. The molecule has 21 heavy (non-hydrogen) atoms. The summed E-state index contributed by atoms with van der Waals surface area (Å²) in [6, 6.07) is 12.2. The van der Waals surface area contributed by atoms with Gasteiger partial charge in [0.25, 0.3) is 0 Å². The number of carboxylic acid groups (broad SMARTS) is 1. The van der Waals surface area contributed by atoms with Crippen LogP contribution in [0.25, 0.3) is 0 Å². The Morgan fingerprint density at radius 3 is 2.43 bits per heavy atom. The average molecular weight is 351 g/mol. The van der Waals surface area contributed by atoms with E-state index in [2.05, 4.69) is 15.9 Å². The van der Waals surface area contributed by atoms with Gasteiger partial charge in [0.15, 0.2) is 0 Å². The van der Waals surface area contributed by atoms with Gasteiger partial charge in [-0.3, -0.25) is 4.79 Å². The smallest absolute Gasteiger partial charge is 0.307 e. The van der Waals surface area contributed by atoms with Crippen LogP contribution in [0.4, 0.5) is 4.39 Å². The lowest BCUT2D eigenvalue weighted by Gasteiger charge is -2.14. The molecule has 0 aliphatic carbocycles. The summed E-state index contributed by atoms with van der Waals surface area (Å²) < 4.78 is 13.7. The van der Waals surface area contributed by atoms with Gasteiger partial charge in [-0.2, -0.15) is 0 Å². The normalized spacial score (nSPS) is 12.1. The Kier molecular flexibility index (Phi) is 5.12. The molecule has 2 nitrogen and oxygen atoms in total. The number of benzene rings is 2. The lowest BCUT2D eigenvalue weighted by molar-refractivity contribution is -0.141. The summed E-state index contributed by atoms with van der Waals surface area (Å²) in [7, 11) is 0. The molecule has 2 aromatic carbocycles. The van der Waals surface area contributed by atoms with Crippen LogP contribution in [0.1, 0.15) is 16.7 Å². The van der Waals surface area contributed by atoms with Crippen molar-refractivity contribution < 1.29 is 14.3 Å². The number of hydrogen-bond donors (Lipinski definition) is 1. The van der Waals surface area contributed by atoms with E-state index in [-0.39, 0.29) is 5.82 Å². The van der Waals surface area contributed by atoms with Crippen molar-refractivity contribution in [3.8, 4) is 0 Å². The molecule has 0 saturated carbocycles. The van der Waals surface area contributed by atoms with Crippen molar-refractivity contribution in [2.45, 2.75) is 19.8 Å². The third kappa shape index (κ3) is 4.39. The Morgan fingerprint density at radius 1 is 1.19 bits per heavy atom. The van der Waals surface area contributed by atoms with Crippen LogP contribution < -0.4 is 0 Å². The van der Waals surface area contributed by atoms with E-state index in [1.165, 1.54) is 12.1 Å². The molecule has 2 aromatic rings. The Morgan fingerprint density at radius 2 is 1.86 bits per heavy atom. The molecule has 1 N–H and O–H groups in total. The number of aryl methyl sites for hydroxylation is 1. The van der Waals surface area contributed by atoms with E-state index in [4.69, 9.17) is 0 Å². The number of halogens is 2. The van der Waals surface area contributed by atoms with Crippen molar-refractivity contribution in [3.05, 3.63) is 69.4 Å². The minimum absolute atomic E-state index is 0.337. The van der Waals surface area contributed by atoms with Gasteiger partial charge in [-0.25, -0.2) is 4.39 Å². The summed E-state index contributed by atoms with van der Waals surface area (Å²) in [4.78, 5) is 11.5. The molecule has 1 unspecified atom stereocenters. The van der Waals surface area contributed by atoms with Gasteiger partial charge in [-0.05, 0) is 43.0 Å². The Balaban J connectivity index is 2.15. The van der Waals surface area contributed by atoms with Gasteiger partial charge in [0.2, 0.25) is 0 Å². The van der Waals surface area contributed by atoms with Gasteiger partial charge < -0.3 is 5.11 Å². The molecule has 2 rings (SSSR count). The zero-order valence-corrected chi connectivity index (χ0v) is 13.2. The van der Waals surface area contributed by atoms with E-state index >= 15 is 0 Å². The fourth-order valence-corrected chi connectivity index (χ4v) is 2.72. The summed E-state index contributed by atoms with van der Waals surface area (Å²) in [6.07, 6.45) is 0.823. The average Bonchev–Trinajstić information content (AvgIpc) is 2.43.